The van der Waals surface area contributed by atoms with E-state index in [1.165, 1.54) is 0 Å². The van der Waals surface area contributed by atoms with Gasteiger partial charge in [0.15, 0.2) is 0 Å². The Morgan fingerprint density at radius 3 is 2.81 bits per heavy atom. The van der Waals surface area contributed by atoms with Crippen LogP contribution < -0.4 is 10.6 Å². The van der Waals surface area contributed by atoms with Crippen molar-refractivity contribution in [2.24, 2.45) is 0 Å². The quantitative estimate of drug-likeness (QED) is 0.611. The average molecular weight is 384 g/mol. The van der Waals surface area contributed by atoms with Gasteiger partial charge >= 0.3 is 6.03 Å². The summed E-state index contributed by atoms with van der Waals surface area (Å²) < 4.78 is 5.55. The van der Waals surface area contributed by atoms with Crippen LogP contribution in [0.4, 0.5) is 10.5 Å². The number of rotatable bonds is 4. The van der Waals surface area contributed by atoms with Gasteiger partial charge in [-0.1, -0.05) is 29.8 Å². The summed E-state index contributed by atoms with van der Waals surface area (Å²) in [6.07, 6.45) is 3.58. The summed E-state index contributed by atoms with van der Waals surface area (Å²) in [6.45, 7) is 1.89. The highest BCUT2D eigenvalue weighted by molar-refractivity contribution is 6.30. The maximum atomic E-state index is 12.5. The molecule has 2 amide bonds. The Morgan fingerprint density at radius 2 is 2.00 bits per heavy atom. The largest absolute Gasteiger partial charge is 0.381 e. The molecule has 140 valence electrons. The lowest BCUT2D eigenvalue weighted by molar-refractivity contribution is 0.0508. The van der Waals surface area contributed by atoms with E-state index in [1.807, 2.05) is 48.7 Å². The maximum absolute atomic E-state index is 12.5. The van der Waals surface area contributed by atoms with Gasteiger partial charge in [-0.15, -0.1) is 0 Å². The lowest BCUT2D eigenvalue weighted by atomic mass is 9.74. The number of anilines is 1. The van der Waals surface area contributed by atoms with Crippen molar-refractivity contribution < 1.29 is 9.53 Å². The number of amides is 2. The fraction of sp³-hybridized carbons (Fsp3) is 0.286. The van der Waals surface area contributed by atoms with Gasteiger partial charge in [0.1, 0.15) is 0 Å². The molecule has 0 unspecified atom stereocenters. The highest BCUT2D eigenvalue weighted by Gasteiger charge is 2.35. The molecule has 27 heavy (non-hydrogen) atoms. The molecular formula is C21H22ClN3O2. The third-order valence-electron chi connectivity index (χ3n) is 5.29. The van der Waals surface area contributed by atoms with Crippen molar-refractivity contribution >= 4 is 34.2 Å². The van der Waals surface area contributed by atoms with Gasteiger partial charge in [-0.05, 0) is 54.1 Å². The average Bonchev–Trinajstić information content (AvgIpc) is 3.15. The molecule has 0 atom stereocenters. The molecule has 1 aliphatic heterocycles. The Morgan fingerprint density at radius 1 is 1.15 bits per heavy atom. The van der Waals surface area contributed by atoms with Gasteiger partial charge < -0.3 is 20.4 Å². The molecule has 4 rings (SSSR count). The SMILES string of the molecule is O=C(NCC1(c2cccc(Cl)c2)CCOCC1)Nc1ccc2cc[nH]c2c1. The summed E-state index contributed by atoms with van der Waals surface area (Å²) in [7, 11) is 0. The van der Waals surface area contributed by atoms with Crippen LogP contribution in [0.15, 0.2) is 54.7 Å². The molecule has 5 nitrogen and oxygen atoms in total. The molecule has 3 N–H and O–H groups in total. The maximum Gasteiger partial charge on any atom is 0.319 e. The summed E-state index contributed by atoms with van der Waals surface area (Å²) in [6, 6.07) is 15.5. The second kappa shape index (κ2) is 7.62. The molecule has 1 fully saturated rings. The Balaban J connectivity index is 1.46. The van der Waals surface area contributed by atoms with Crippen molar-refractivity contribution in [2.75, 3.05) is 25.1 Å². The topological polar surface area (TPSA) is 66.2 Å². The number of hydrogen-bond acceptors (Lipinski definition) is 2. The summed E-state index contributed by atoms with van der Waals surface area (Å²) in [5, 5.41) is 7.78. The van der Waals surface area contributed by atoms with Gasteiger partial charge in [0.05, 0.1) is 0 Å². The Bertz CT molecular complexity index is 947. The summed E-state index contributed by atoms with van der Waals surface area (Å²) in [5.74, 6) is 0. The molecule has 0 radical (unpaired) electrons. The number of carbonyl (C=O) groups is 1. The van der Waals surface area contributed by atoms with E-state index in [0.717, 1.165) is 35.0 Å². The predicted molar refractivity (Wildman–Crippen MR) is 109 cm³/mol. The first-order valence-corrected chi connectivity index (χ1v) is 9.48. The van der Waals surface area contributed by atoms with E-state index in [1.54, 1.807) is 0 Å². The van der Waals surface area contributed by atoms with Crippen LogP contribution in [0, 0.1) is 0 Å². The second-order valence-corrected chi connectivity index (χ2v) is 7.43. The number of H-pyrrole nitrogens is 1. The number of ether oxygens (including phenoxy) is 1. The number of carbonyl (C=O) groups excluding carboxylic acids is 1. The van der Waals surface area contributed by atoms with Crippen LogP contribution in [0.1, 0.15) is 18.4 Å². The number of aromatic amines is 1. The Hall–Kier alpha value is -2.50. The van der Waals surface area contributed by atoms with Gasteiger partial charge in [0, 0.05) is 47.6 Å². The fourth-order valence-electron chi connectivity index (χ4n) is 3.70. The van der Waals surface area contributed by atoms with Crippen molar-refractivity contribution in [3.05, 3.63) is 65.3 Å². The van der Waals surface area contributed by atoms with Crippen LogP contribution >= 0.6 is 11.6 Å². The van der Waals surface area contributed by atoms with Gasteiger partial charge in [-0.25, -0.2) is 4.79 Å². The molecule has 0 bridgehead atoms. The molecule has 0 aliphatic carbocycles. The van der Waals surface area contributed by atoms with Crippen molar-refractivity contribution in [2.45, 2.75) is 18.3 Å². The van der Waals surface area contributed by atoms with Crippen LogP contribution in [0.5, 0.6) is 0 Å². The minimum atomic E-state index is -0.214. The van der Waals surface area contributed by atoms with Crippen molar-refractivity contribution in [3.8, 4) is 0 Å². The number of benzene rings is 2. The molecule has 6 heteroatoms. The van der Waals surface area contributed by atoms with E-state index in [9.17, 15) is 4.79 Å². The number of halogens is 1. The van der Waals surface area contributed by atoms with Crippen LogP contribution in [0.2, 0.25) is 5.02 Å². The van der Waals surface area contributed by atoms with E-state index >= 15 is 0 Å². The van der Waals surface area contributed by atoms with Gasteiger partial charge in [-0.3, -0.25) is 0 Å². The fourth-order valence-corrected chi connectivity index (χ4v) is 3.89. The monoisotopic (exact) mass is 383 g/mol. The molecular weight excluding hydrogens is 362 g/mol. The van der Waals surface area contributed by atoms with E-state index in [2.05, 4.69) is 21.7 Å². The van der Waals surface area contributed by atoms with Crippen LogP contribution in [-0.4, -0.2) is 30.8 Å². The van der Waals surface area contributed by atoms with Gasteiger partial charge in [0.25, 0.3) is 0 Å². The van der Waals surface area contributed by atoms with E-state index in [-0.39, 0.29) is 11.4 Å². The van der Waals surface area contributed by atoms with Crippen molar-refractivity contribution in [1.29, 1.82) is 0 Å². The minimum absolute atomic E-state index is 0.163. The zero-order valence-electron chi connectivity index (χ0n) is 14.9. The van der Waals surface area contributed by atoms with E-state index < -0.39 is 0 Å². The van der Waals surface area contributed by atoms with Crippen LogP contribution in [-0.2, 0) is 10.2 Å². The summed E-state index contributed by atoms with van der Waals surface area (Å²) in [5.41, 5.74) is 2.73. The zero-order chi connectivity index (χ0) is 18.7. The van der Waals surface area contributed by atoms with Gasteiger partial charge in [0.2, 0.25) is 0 Å². The second-order valence-electron chi connectivity index (χ2n) is 6.99. The smallest absolute Gasteiger partial charge is 0.319 e. The zero-order valence-corrected chi connectivity index (χ0v) is 15.7. The highest BCUT2D eigenvalue weighted by atomic mass is 35.5. The number of aromatic nitrogens is 1. The summed E-state index contributed by atoms with van der Waals surface area (Å²) in [4.78, 5) is 15.6. The Labute approximate surface area is 163 Å². The lowest BCUT2D eigenvalue weighted by Crippen LogP contribution is -2.45. The molecule has 2 aromatic carbocycles. The van der Waals surface area contributed by atoms with Crippen LogP contribution in [0.3, 0.4) is 0 Å². The predicted octanol–water partition coefficient (Wildman–Crippen LogP) is 4.69. The molecule has 1 aromatic heterocycles. The number of hydrogen-bond donors (Lipinski definition) is 3. The van der Waals surface area contributed by atoms with Crippen molar-refractivity contribution in [1.82, 2.24) is 10.3 Å². The first-order chi connectivity index (χ1) is 13.1. The number of urea groups is 1. The first kappa shape index (κ1) is 17.9. The van der Waals surface area contributed by atoms with Gasteiger partial charge in [-0.2, -0.15) is 0 Å². The Kier molecular flexibility index (Phi) is 5.05. The minimum Gasteiger partial charge on any atom is -0.381 e. The standard InChI is InChI=1S/C21H22ClN3O2/c22-17-3-1-2-16(12-17)21(7-10-27-11-8-21)14-24-20(26)25-18-5-4-15-6-9-23-19(15)13-18/h1-6,9,12-13,23H,7-8,10-11,14H2,(H2,24,25,26). The third-order valence-corrected chi connectivity index (χ3v) is 5.52. The number of nitrogens with one attached hydrogen (secondary N) is 3. The summed E-state index contributed by atoms with van der Waals surface area (Å²) >= 11 is 6.20. The lowest BCUT2D eigenvalue weighted by Gasteiger charge is -2.38. The molecule has 0 saturated carbocycles. The van der Waals surface area contributed by atoms with Crippen LogP contribution in [0.25, 0.3) is 10.9 Å². The van der Waals surface area contributed by atoms with E-state index in [0.29, 0.717) is 24.8 Å². The first-order valence-electron chi connectivity index (χ1n) is 9.10. The number of fused-ring (bicyclic) bond motifs is 1. The molecule has 1 saturated heterocycles. The normalized spacial score (nSPS) is 16.2. The molecule has 1 aliphatic rings. The van der Waals surface area contributed by atoms with E-state index in [4.69, 9.17) is 16.3 Å². The molecule has 2 heterocycles. The molecule has 0 spiro atoms. The molecule has 3 aromatic rings. The van der Waals surface area contributed by atoms with Crippen molar-refractivity contribution in [3.63, 3.8) is 0 Å². The third kappa shape index (κ3) is 3.94. The highest BCUT2D eigenvalue weighted by Crippen LogP contribution is 2.35.